The minimum atomic E-state index is -0.209. The van der Waals surface area contributed by atoms with Crippen LogP contribution in [0.5, 0.6) is 5.75 Å². The van der Waals surface area contributed by atoms with Crippen LogP contribution in [0, 0.1) is 0 Å². The van der Waals surface area contributed by atoms with Crippen molar-refractivity contribution in [1.29, 1.82) is 0 Å². The van der Waals surface area contributed by atoms with Crippen LogP contribution in [0.4, 0.5) is 10.8 Å². The van der Waals surface area contributed by atoms with Crippen LogP contribution in [0.1, 0.15) is 42.7 Å². The maximum atomic E-state index is 13.3. The molecule has 3 aromatic rings. The van der Waals surface area contributed by atoms with E-state index < -0.39 is 0 Å². The van der Waals surface area contributed by atoms with Gasteiger partial charge in [-0.05, 0) is 31.0 Å². The van der Waals surface area contributed by atoms with Crippen molar-refractivity contribution >= 4 is 34.0 Å². The summed E-state index contributed by atoms with van der Waals surface area (Å²) >= 11 is 1.35. The number of amides is 2. The van der Waals surface area contributed by atoms with Crippen LogP contribution in [-0.2, 0) is 11.3 Å². The Morgan fingerprint density at radius 3 is 2.58 bits per heavy atom. The molecule has 2 amide bonds. The molecule has 8 heteroatoms. The van der Waals surface area contributed by atoms with E-state index in [9.17, 15) is 9.59 Å². The normalized spacial score (nSPS) is 11.5. The summed E-state index contributed by atoms with van der Waals surface area (Å²) in [5, 5.41) is 8.50. The highest BCUT2D eigenvalue weighted by Crippen LogP contribution is 2.29. The van der Waals surface area contributed by atoms with Gasteiger partial charge in [-0.15, -0.1) is 11.3 Å². The number of hydrogen-bond donors (Lipinski definition) is 2. The Bertz CT molecular complexity index is 1050. The van der Waals surface area contributed by atoms with Crippen molar-refractivity contribution in [2.24, 2.45) is 0 Å². The number of hydrogen-bond acceptors (Lipinski definition) is 6. The zero-order valence-electron chi connectivity index (χ0n) is 19.2. The number of thiazole rings is 1. The van der Waals surface area contributed by atoms with E-state index in [0.29, 0.717) is 29.7 Å². The number of carbonyl (C=O) groups is 2. The lowest BCUT2D eigenvalue weighted by molar-refractivity contribution is -0.121. The number of para-hydroxylation sites is 2. The molecule has 0 saturated heterocycles. The molecule has 0 aliphatic carbocycles. The number of ether oxygens (including phenoxy) is 1. The first-order valence-corrected chi connectivity index (χ1v) is 11.9. The Morgan fingerprint density at radius 1 is 1.12 bits per heavy atom. The van der Waals surface area contributed by atoms with E-state index in [1.54, 1.807) is 17.4 Å². The molecule has 3 rings (SSSR count). The first kappa shape index (κ1) is 24.3. The summed E-state index contributed by atoms with van der Waals surface area (Å²) in [6, 6.07) is 17.4. The maximum Gasteiger partial charge on any atom is 0.273 e. The van der Waals surface area contributed by atoms with Crippen molar-refractivity contribution in [2.75, 3.05) is 19.0 Å². The number of nitrogens with zero attached hydrogens (tertiary/aromatic N) is 2. The van der Waals surface area contributed by atoms with E-state index >= 15 is 0 Å². The fourth-order valence-electron chi connectivity index (χ4n) is 3.20. The number of methoxy groups -OCH3 is 1. The van der Waals surface area contributed by atoms with Gasteiger partial charge < -0.3 is 20.3 Å². The molecule has 0 saturated carbocycles. The molecule has 0 spiro atoms. The second-order valence-corrected chi connectivity index (χ2v) is 8.56. The van der Waals surface area contributed by atoms with E-state index in [0.717, 1.165) is 17.7 Å². The molecule has 0 radical (unpaired) electrons. The van der Waals surface area contributed by atoms with Gasteiger partial charge in [0.15, 0.2) is 5.13 Å². The third-order valence-electron chi connectivity index (χ3n) is 5.20. The van der Waals surface area contributed by atoms with Crippen LogP contribution in [0.2, 0.25) is 0 Å². The molecule has 1 aromatic heterocycles. The zero-order valence-corrected chi connectivity index (χ0v) is 20.0. The molecule has 1 atom stereocenters. The molecular weight excluding hydrogens is 436 g/mol. The fourth-order valence-corrected chi connectivity index (χ4v) is 3.89. The number of nitrogens with one attached hydrogen (secondary N) is 2. The molecule has 33 heavy (non-hydrogen) atoms. The molecule has 174 valence electrons. The fraction of sp³-hybridized carbons (Fsp3) is 0.320. The molecule has 0 aliphatic heterocycles. The van der Waals surface area contributed by atoms with Crippen LogP contribution < -0.4 is 15.4 Å². The average molecular weight is 467 g/mol. The average Bonchev–Trinajstić information content (AvgIpc) is 3.30. The predicted octanol–water partition coefficient (Wildman–Crippen LogP) is 4.84. The Morgan fingerprint density at radius 2 is 1.85 bits per heavy atom. The predicted molar refractivity (Wildman–Crippen MR) is 132 cm³/mol. The summed E-state index contributed by atoms with van der Waals surface area (Å²) in [6.07, 6.45) is 1.10. The number of rotatable bonds is 11. The van der Waals surface area contributed by atoms with Gasteiger partial charge >= 0.3 is 0 Å². The second kappa shape index (κ2) is 12.0. The van der Waals surface area contributed by atoms with E-state index in [4.69, 9.17) is 4.74 Å². The molecule has 1 unspecified atom stereocenters. The summed E-state index contributed by atoms with van der Waals surface area (Å²) < 4.78 is 5.37. The highest BCUT2D eigenvalue weighted by atomic mass is 32.1. The zero-order chi connectivity index (χ0) is 23.6. The topological polar surface area (TPSA) is 83.6 Å². The van der Waals surface area contributed by atoms with E-state index in [1.807, 2.05) is 68.4 Å². The molecule has 0 aliphatic rings. The lowest BCUT2D eigenvalue weighted by Crippen LogP contribution is -2.37. The molecule has 0 fully saturated rings. The standard InChI is InChI=1S/C25H30N4O3S/c1-4-18(2)26-23(30)14-15-29(16-19-10-6-5-7-11-19)24(31)21-17-33-25(28-21)27-20-12-8-9-13-22(20)32-3/h5-13,17-18H,4,14-16H2,1-3H3,(H,26,30)(H,27,28). The largest absolute Gasteiger partial charge is 0.495 e. The minimum Gasteiger partial charge on any atom is -0.495 e. The van der Waals surface area contributed by atoms with Crippen LogP contribution >= 0.6 is 11.3 Å². The Labute approximate surface area is 198 Å². The monoisotopic (exact) mass is 466 g/mol. The summed E-state index contributed by atoms with van der Waals surface area (Å²) in [6.45, 7) is 4.71. The van der Waals surface area contributed by atoms with Crippen molar-refractivity contribution in [3.05, 3.63) is 71.2 Å². The highest BCUT2D eigenvalue weighted by molar-refractivity contribution is 7.14. The third-order valence-corrected chi connectivity index (χ3v) is 5.96. The van der Waals surface area contributed by atoms with Gasteiger partial charge in [-0.1, -0.05) is 49.4 Å². The van der Waals surface area contributed by atoms with Crippen molar-refractivity contribution in [2.45, 2.75) is 39.3 Å². The molecular formula is C25H30N4O3S. The number of carbonyl (C=O) groups excluding carboxylic acids is 2. The quantitative estimate of drug-likeness (QED) is 0.422. The van der Waals surface area contributed by atoms with Crippen LogP contribution in [-0.4, -0.2) is 41.4 Å². The summed E-state index contributed by atoms with van der Waals surface area (Å²) in [7, 11) is 1.61. The second-order valence-electron chi connectivity index (χ2n) is 7.70. The van der Waals surface area contributed by atoms with Crippen molar-refractivity contribution < 1.29 is 14.3 Å². The van der Waals surface area contributed by atoms with Crippen molar-refractivity contribution in [1.82, 2.24) is 15.2 Å². The molecule has 0 bridgehead atoms. The Kier molecular flexibility index (Phi) is 8.83. The van der Waals surface area contributed by atoms with Gasteiger partial charge in [0.25, 0.3) is 5.91 Å². The summed E-state index contributed by atoms with van der Waals surface area (Å²) in [4.78, 5) is 31.8. The Balaban J connectivity index is 1.73. The van der Waals surface area contributed by atoms with Crippen LogP contribution in [0.25, 0.3) is 0 Å². The first-order chi connectivity index (χ1) is 16.0. The first-order valence-electron chi connectivity index (χ1n) is 11.0. The minimum absolute atomic E-state index is 0.0629. The van der Waals surface area contributed by atoms with Gasteiger partial charge in [-0.3, -0.25) is 9.59 Å². The van der Waals surface area contributed by atoms with E-state index in [1.165, 1.54) is 11.3 Å². The van der Waals surface area contributed by atoms with Crippen LogP contribution in [0.3, 0.4) is 0 Å². The smallest absolute Gasteiger partial charge is 0.273 e. The van der Waals surface area contributed by atoms with Gasteiger partial charge in [0, 0.05) is 30.9 Å². The highest BCUT2D eigenvalue weighted by Gasteiger charge is 2.21. The third kappa shape index (κ3) is 7.05. The Hall–Kier alpha value is -3.39. The van der Waals surface area contributed by atoms with Gasteiger partial charge in [-0.2, -0.15) is 0 Å². The van der Waals surface area contributed by atoms with Crippen molar-refractivity contribution in [3.63, 3.8) is 0 Å². The molecule has 7 nitrogen and oxygen atoms in total. The number of anilines is 2. The molecule has 2 N–H and O–H groups in total. The summed E-state index contributed by atoms with van der Waals surface area (Å²) in [5.74, 6) is 0.421. The van der Waals surface area contributed by atoms with Gasteiger partial charge in [0.1, 0.15) is 11.4 Å². The van der Waals surface area contributed by atoms with E-state index in [2.05, 4.69) is 15.6 Å². The van der Waals surface area contributed by atoms with Gasteiger partial charge in [0.05, 0.1) is 12.8 Å². The SMILES string of the molecule is CCC(C)NC(=O)CCN(Cc1ccccc1)C(=O)c1csc(Nc2ccccc2OC)n1. The van der Waals surface area contributed by atoms with E-state index in [-0.39, 0.29) is 24.3 Å². The lowest BCUT2D eigenvalue weighted by atomic mass is 10.2. The van der Waals surface area contributed by atoms with Gasteiger partial charge in [0.2, 0.25) is 5.91 Å². The summed E-state index contributed by atoms with van der Waals surface area (Å²) in [5.41, 5.74) is 2.11. The molecule has 1 heterocycles. The van der Waals surface area contributed by atoms with Crippen LogP contribution in [0.15, 0.2) is 60.0 Å². The lowest BCUT2D eigenvalue weighted by Gasteiger charge is -2.22. The maximum absolute atomic E-state index is 13.3. The number of aromatic nitrogens is 1. The van der Waals surface area contributed by atoms with Gasteiger partial charge in [-0.25, -0.2) is 4.98 Å². The van der Waals surface area contributed by atoms with Crippen molar-refractivity contribution in [3.8, 4) is 5.75 Å². The number of benzene rings is 2. The molecule has 2 aromatic carbocycles.